The molecule has 0 amide bonds. The van der Waals surface area contributed by atoms with Crippen LogP contribution in [0.4, 0.5) is 0 Å². The molecule has 4 heavy (non-hydrogen) atoms. The van der Waals surface area contributed by atoms with Crippen LogP contribution in [0.25, 0.3) is 0 Å². The Kier molecular flexibility index (Phi) is 2.05. The largest absolute Gasteiger partial charge is 0.375 e. The lowest BCUT2D eigenvalue weighted by Gasteiger charge is -1.77. The smallest absolute Gasteiger partial charge is 0.215 e. The summed E-state index contributed by atoms with van der Waals surface area (Å²) in [5.41, 5.74) is -0.962. The van der Waals surface area contributed by atoms with Gasteiger partial charge in [-0.15, -0.1) is 0 Å². The van der Waals surface area contributed by atoms with Gasteiger partial charge in [-0.2, -0.15) is 0 Å². The van der Waals surface area contributed by atoms with Crippen LogP contribution in [0, 0.1) is 0 Å². The summed E-state index contributed by atoms with van der Waals surface area (Å²) < 4.78 is 6.05. The Hall–Kier alpha value is 1.18. The third kappa shape index (κ3) is 10.8. The summed E-state index contributed by atoms with van der Waals surface area (Å²) in [7, 11) is 4.93. The van der Waals surface area contributed by atoms with E-state index in [4.69, 9.17) is 9.00 Å². The molecule has 0 aliphatic heterocycles. The van der Waals surface area contributed by atoms with Crippen molar-refractivity contribution >= 4 is 35.3 Å². The average molecular weight is 188 g/mol. The Bertz CT molecular complexity index is 25.6. The minimum atomic E-state index is -0.962. The van der Waals surface area contributed by atoms with E-state index in [1.165, 1.54) is 0 Å². The topological polar surface area (TPSA) is 20.2 Å². The lowest BCUT2D eigenvalue weighted by molar-refractivity contribution is 0.657. The van der Waals surface area contributed by atoms with Gasteiger partial charge in [-0.25, -0.2) is 0 Å². The minimum Gasteiger partial charge on any atom is -0.375 e. The van der Waals surface area contributed by atoms with E-state index in [0.717, 1.165) is 0 Å². The number of halogens is 1. The first-order chi connectivity index (χ1) is 2.27. The predicted molar refractivity (Wildman–Crippen MR) is 28.9 cm³/mol. The van der Waals surface area contributed by atoms with Crippen LogP contribution in [0.15, 0.2) is 0 Å². The molecule has 0 aliphatic carbocycles. The summed E-state index contributed by atoms with van der Waals surface area (Å²) >= 11 is 1.84. The Balaban J connectivity index is 2.54. The first kappa shape index (κ1) is 3.38. The van der Waals surface area contributed by atoms with Crippen LogP contribution in [-0.4, -0.2) is 13.9 Å². The molecule has 0 fully saturated rings. The van der Waals surface area contributed by atoms with Gasteiger partial charge in [0.2, 0.25) is 1.43 Å². The quantitative estimate of drug-likeness (QED) is 0.366. The lowest BCUT2D eigenvalue weighted by Crippen LogP contribution is -1.42. The number of rotatable bonds is 1. The molecule has 1 atom stereocenters. The minimum absolute atomic E-state index is 0.962. The van der Waals surface area contributed by atoms with E-state index >= 15 is 0 Å². The molecule has 0 aromatic rings. The van der Waals surface area contributed by atoms with Crippen LogP contribution in [0.2, 0.25) is 0 Å². The Morgan fingerprint density at radius 2 is 2.75 bits per heavy atom. The first-order valence-electron chi connectivity index (χ1n) is 1.02. The molecule has 0 aromatic carbocycles. The fraction of sp³-hybridized carbons (Fsp3) is 0. The molecule has 1 nitrogen and oxygen atoms in total. The van der Waals surface area contributed by atoms with Gasteiger partial charge in [-0.05, 0) is 22.0 Å². The van der Waals surface area contributed by atoms with E-state index in [1.54, 1.807) is 0 Å². The van der Waals surface area contributed by atoms with Crippen molar-refractivity contribution in [3.05, 3.63) is 0 Å². The van der Waals surface area contributed by atoms with Gasteiger partial charge in [0.15, 0.2) is 7.57 Å². The molecule has 22 valence electrons. The fourth-order valence-corrected chi connectivity index (χ4v) is 0. The second-order valence-corrected chi connectivity index (χ2v) is 3.67. The molecule has 0 spiro atoms. The zero-order valence-corrected chi connectivity index (χ0v) is 4.86. The summed E-state index contributed by atoms with van der Waals surface area (Å²) in [4.78, 5) is 3.83. The summed E-state index contributed by atoms with van der Waals surface area (Å²) in [5.74, 6) is 0. The molecule has 1 unspecified atom stereocenters. The maximum absolute atomic E-state index is 6.05. The van der Waals surface area contributed by atoms with E-state index in [1.807, 2.05) is 22.0 Å². The number of hydrogen-bond acceptors (Lipinski definition) is 1. The molecule has 0 rings (SSSR count). The van der Waals surface area contributed by atoms with Crippen molar-refractivity contribution in [2.45, 2.75) is 0 Å². The van der Waals surface area contributed by atoms with Crippen LogP contribution in [0.5, 0.6) is 0 Å². The lowest BCUT2D eigenvalue weighted by atomic mass is 10.8. The third-order valence-corrected chi connectivity index (χ3v) is 0. The molecular weight excluding hydrogens is 185 g/mol. The van der Waals surface area contributed by atoms with Crippen molar-refractivity contribution in [2.24, 2.45) is 0 Å². The van der Waals surface area contributed by atoms with Crippen molar-refractivity contribution in [3.8, 4) is 0 Å². The second-order valence-electron chi connectivity index (χ2n) is 0.272. The average Bonchev–Trinajstić information content (AvgIpc) is 1.38. The van der Waals surface area contributed by atoms with E-state index in [-0.39, 0.29) is 0 Å². The van der Waals surface area contributed by atoms with E-state index < -0.39 is 5.67 Å². The summed E-state index contributed by atoms with van der Waals surface area (Å²) in [6, 6.07) is 0. The zero-order valence-electron chi connectivity index (χ0n) is 2.81. The molecule has 1 N–H and O–H groups in total. The molecule has 2 radical (unpaired) electrons. The first-order valence-corrected chi connectivity index (χ1v) is 4.72. The summed E-state index contributed by atoms with van der Waals surface area (Å²) in [6.07, 6.45) is 0. The highest BCUT2D eigenvalue weighted by atomic mass is 127. The van der Waals surface area contributed by atoms with E-state index in [0.29, 0.717) is 0 Å². The zero-order chi connectivity index (χ0) is 4.28. The third-order valence-electron chi connectivity index (χ3n) is 0. The van der Waals surface area contributed by atoms with Gasteiger partial charge in [0.05, 0.1) is 0 Å². The van der Waals surface area contributed by atoms with Gasteiger partial charge in [-0.3, -0.25) is 0 Å². The standard InChI is InChI=1S/BHIOP/c1-4(2)3/h3H/i3T. The molecule has 0 aliphatic rings. The monoisotopic (exact) mass is 188 g/mol. The predicted octanol–water partition coefficient (Wildman–Crippen LogP) is 0.809. The van der Waals surface area contributed by atoms with Crippen LogP contribution < -0.4 is 0 Å². The molecule has 0 heterocycles. The Morgan fingerprint density at radius 3 is 2.75 bits per heavy atom. The highest BCUT2D eigenvalue weighted by molar-refractivity contribution is 14.2. The molecule has 4 heteroatoms. The SMILES string of the molecule is [3H]OP([B])I. The summed E-state index contributed by atoms with van der Waals surface area (Å²) in [5, 5.41) is 0. The van der Waals surface area contributed by atoms with Gasteiger partial charge in [0, 0.05) is 5.67 Å². The van der Waals surface area contributed by atoms with Crippen molar-refractivity contribution in [2.75, 3.05) is 0 Å². The van der Waals surface area contributed by atoms with Crippen molar-refractivity contribution in [1.29, 1.82) is 1.43 Å². The maximum atomic E-state index is 6.05. The fourth-order valence-electron chi connectivity index (χ4n) is 0. The highest BCUT2D eigenvalue weighted by Gasteiger charge is 1.72. The Labute approximate surface area is 42.0 Å². The molecule has 0 saturated heterocycles. The van der Waals surface area contributed by atoms with Gasteiger partial charge >= 0.3 is 0 Å². The van der Waals surface area contributed by atoms with Gasteiger partial charge in [0.25, 0.3) is 0 Å². The highest BCUT2D eigenvalue weighted by Crippen LogP contribution is 2.32. The maximum Gasteiger partial charge on any atom is 0.215 e. The Morgan fingerprint density at radius 1 is 2.50 bits per heavy atom. The number of hydrogen-bond donors (Lipinski definition) is 1. The van der Waals surface area contributed by atoms with Gasteiger partial charge < -0.3 is 4.90 Å². The van der Waals surface area contributed by atoms with Crippen LogP contribution in [-0.2, 0) is 0 Å². The summed E-state index contributed by atoms with van der Waals surface area (Å²) in [6.45, 7) is 0. The van der Waals surface area contributed by atoms with Crippen molar-refractivity contribution in [1.82, 2.24) is 0 Å². The van der Waals surface area contributed by atoms with Crippen molar-refractivity contribution < 1.29 is 4.90 Å². The van der Waals surface area contributed by atoms with E-state index in [2.05, 4.69) is 4.90 Å². The van der Waals surface area contributed by atoms with Gasteiger partial charge in [0.1, 0.15) is 0 Å². The van der Waals surface area contributed by atoms with Crippen LogP contribution in [0.3, 0.4) is 0 Å². The molecule has 0 aromatic heterocycles. The molecule has 0 saturated carbocycles. The molecule has 0 bridgehead atoms. The van der Waals surface area contributed by atoms with Crippen molar-refractivity contribution in [3.63, 3.8) is 0 Å². The van der Waals surface area contributed by atoms with E-state index in [9.17, 15) is 0 Å². The molecular formula is HBIOP. The van der Waals surface area contributed by atoms with Crippen LogP contribution >= 0.6 is 27.7 Å². The second kappa shape index (κ2) is 2.42. The normalized spacial score (nSPS) is 18.8. The van der Waals surface area contributed by atoms with Gasteiger partial charge in [-0.1, -0.05) is 0 Å². The van der Waals surface area contributed by atoms with Crippen LogP contribution in [0.1, 0.15) is 0 Å².